The van der Waals surface area contributed by atoms with Gasteiger partial charge in [-0.15, -0.1) is 9.05 Å². The Balaban J connectivity index is 2.46. The van der Waals surface area contributed by atoms with Gasteiger partial charge in [0.1, 0.15) is 12.2 Å². The molecule has 2 atom stereocenters. The Morgan fingerprint density at radius 2 is 1.60 bits per heavy atom. The molecule has 3 nitrogen and oxygen atoms in total. The Kier molecular flexibility index (Phi) is 2.78. The van der Waals surface area contributed by atoms with Crippen LogP contribution in [0.1, 0.15) is 26.7 Å². The summed E-state index contributed by atoms with van der Waals surface area (Å²) in [6.45, 7) is 3.82. The first-order chi connectivity index (χ1) is 4.68. The van der Waals surface area contributed by atoms with Crippen molar-refractivity contribution in [1.82, 2.24) is 0 Å². The van der Waals surface area contributed by atoms with Crippen molar-refractivity contribution in [3.8, 4) is 0 Å². The predicted molar refractivity (Wildman–Crippen MR) is 37.9 cm³/mol. The number of hydrogen-bond acceptors (Lipinski definition) is 3. The van der Waals surface area contributed by atoms with E-state index in [1.165, 1.54) is 0 Å². The van der Waals surface area contributed by atoms with Gasteiger partial charge in [-0.05, 0) is 26.7 Å². The molecule has 1 aliphatic rings. The highest BCUT2D eigenvalue weighted by molar-refractivity contribution is 7.33. The van der Waals surface area contributed by atoms with Gasteiger partial charge in [-0.1, -0.05) is 0 Å². The molecule has 0 aliphatic carbocycles. The first-order valence-electron chi connectivity index (χ1n) is 3.49. The van der Waals surface area contributed by atoms with E-state index in [9.17, 15) is 4.57 Å². The van der Waals surface area contributed by atoms with Gasteiger partial charge in [0.05, 0.1) is 0 Å². The summed E-state index contributed by atoms with van der Waals surface area (Å²) in [5.41, 5.74) is 0. The van der Waals surface area contributed by atoms with Crippen molar-refractivity contribution in [2.24, 2.45) is 0 Å². The van der Waals surface area contributed by atoms with Gasteiger partial charge in [0.2, 0.25) is 0 Å². The quantitative estimate of drug-likeness (QED) is 0.514. The molecule has 4 heteroatoms. The highest BCUT2D eigenvalue weighted by Gasteiger charge is 2.31. The van der Waals surface area contributed by atoms with Crippen LogP contribution in [0.2, 0.25) is 0 Å². The minimum atomic E-state index is -1.85. The summed E-state index contributed by atoms with van der Waals surface area (Å²) in [6, 6.07) is 0. The van der Waals surface area contributed by atoms with Crippen molar-refractivity contribution < 1.29 is 13.6 Å². The fourth-order valence-corrected chi connectivity index (χ4v) is 1.74. The lowest BCUT2D eigenvalue weighted by molar-refractivity contribution is 0.187. The van der Waals surface area contributed by atoms with Crippen molar-refractivity contribution >= 4 is 8.25 Å². The predicted octanol–water partition coefficient (Wildman–Crippen LogP) is 2.25. The van der Waals surface area contributed by atoms with E-state index in [0.717, 1.165) is 12.8 Å². The van der Waals surface area contributed by atoms with Crippen LogP contribution in [0.4, 0.5) is 0 Å². The van der Waals surface area contributed by atoms with Crippen LogP contribution in [0.5, 0.6) is 0 Å². The van der Waals surface area contributed by atoms with Crippen LogP contribution in [-0.2, 0) is 13.6 Å². The summed E-state index contributed by atoms with van der Waals surface area (Å²) >= 11 is 0. The van der Waals surface area contributed by atoms with Crippen molar-refractivity contribution in [2.45, 2.75) is 38.9 Å². The van der Waals surface area contributed by atoms with Gasteiger partial charge in [0.25, 0.3) is 0 Å². The Hall–Kier alpha value is 0.0200. The molecule has 0 saturated carbocycles. The second kappa shape index (κ2) is 3.42. The number of rotatable bonds is 0. The van der Waals surface area contributed by atoms with Gasteiger partial charge in [-0.2, -0.15) is 0 Å². The smallest absolute Gasteiger partial charge is 0.116 e. The summed E-state index contributed by atoms with van der Waals surface area (Å²) < 4.78 is 20.7. The third kappa shape index (κ3) is 2.33. The molecule has 0 spiro atoms. The third-order valence-electron chi connectivity index (χ3n) is 1.51. The topological polar surface area (TPSA) is 35.5 Å². The number of hydrogen-bond donors (Lipinski definition) is 0. The average Bonchev–Trinajstić information content (AvgIpc) is 1.93. The average molecular weight is 163 g/mol. The molecule has 58 valence electrons. The fourth-order valence-electron chi connectivity index (χ4n) is 0.894. The van der Waals surface area contributed by atoms with E-state index in [4.69, 9.17) is 9.05 Å². The van der Waals surface area contributed by atoms with Gasteiger partial charge in [-0.25, -0.2) is 0 Å². The Labute approximate surface area is 61.7 Å². The molecule has 1 fully saturated rings. The lowest BCUT2D eigenvalue weighted by atomic mass is 10.1. The van der Waals surface area contributed by atoms with Crippen molar-refractivity contribution in [3.63, 3.8) is 0 Å². The largest absolute Gasteiger partial charge is 0.697 e. The second-order valence-corrected chi connectivity index (χ2v) is 3.50. The van der Waals surface area contributed by atoms with E-state index in [-0.39, 0.29) is 12.2 Å². The Bertz CT molecular complexity index is 123. The van der Waals surface area contributed by atoms with Crippen molar-refractivity contribution in [3.05, 3.63) is 0 Å². The molecule has 0 amide bonds. The summed E-state index contributed by atoms with van der Waals surface area (Å²) in [7, 11) is -1.85. The molecule has 1 heterocycles. The lowest BCUT2D eigenvalue weighted by Gasteiger charge is -1.98. The summed E-state index contributed by atoms with van der Waals surface area (Å²) in [5, 5.41) is 0. The molecule has 1 saturated heterocycles. The van der Waals surface area contributed by atoms with Crippen LogP contribution in [0.25, 0.3) is 0 Å². The zero-order valence-corrected chi connectivity index (χ0v) is 7.14. The first kappa shape index (κ1) is 8.12. The van der Waals surface area contributed by atoms with Crippen molar-refractivity contribution in [1.29, 1.82) is 0 Å². The van der Waals surface area contributed by atoms with Gasteiger partial charge in [0, 0.05) is 4.57 Å². The molecule has 0 bridgehead atoms. The summed E-state index contributed by atoms with van der Waals surface area (Å²) in [4.78, 5) is 0. The highest BCUT2D eigenvalue weighted by atomic mass is 31.1. The molecule has 0 aromatic heterocycles. The second-order valence-electron chi connectivity index (χ2n) is 2.63. The van der Waals surface area contributed by atoms with E-state index in [0.29, 0.717) is 0 Å². The molecule has 10 heavy (non-hydrogen) atoms. The molecule has 1 rings (SSSR count). The van der Waals surface area contributed by atoms with E-state index >= 15 is 0 Å². The molecule has 0 aromatic carbocycles. The minimum Gasteiger partial charge on any atom is -0.116 e. The van der Waals surface area contributed by atoms with Crippen LogP contribution in [0.3, 0.4) is 0 Å². The van der Waals surface area contributed by atoms with Crippen LogP contribution >= 0.6 is 8.25 Å². The van der Waals surface area contributed by atoms with Crippen LogP contribution < -0.4 is 0 Å². The summed E-state index contributed by atoms with van der Waals surface area (Å²) in [6.07, 6.45) is 2.02. The van der Waals surface area contributed by atoms with E-state index in [1.54, 1.807) is 0 Å². The van der Waals surface area contributed by atoms with Gasteiger partial charge < -0.3 is 0 Å². The van der Waals surface area contributed by atoms with Crippen LogP contribution in [-0.4, -0.2) is 12.2 Å². The lowest BCUT2D eigenvalue weighted by Crippen LogP contribution is -2.03. The molecule has 1 aliphatic heterocycles. The van der Waals surface area contributed by atoms with E-state index in [1.807, 2.05) is 13.8 Å². The molecule has 0 aromatic rings. The SMILES string of the molecule is C[C@@H]1CC[C@@H](C)O[P+](=O)O1. The first-order valence-corrected chi connectivity index (χ1v) is 4.59. The molecular weight excluding hydrogens is 151 g/mol. The molecule has 0 N–H and O–H groups in total. The minimum absolute atomic E-state index is 0.0774. The Morgan fingerprint density at radius 3 is 2.00 bits per heavy atom. The van der Waals surface area contributed by atoms with Crippen molar-refractivity contribution in [2.75, 3.05) is 0 Å². The maximum absolute atomic E-state index is 10.8. The highest BCUT2D eigenvalue weighted by Crippen LogP contribution is 2.33. The maximum atomic E-state index is 10.8. The normalized spacial score (nSPS) is 35.6. The molecular formula is C6H12O3P+. The zero-order valence-electron chi connectivity index (χ0n) is 6.24. The van der Waals surface area contributed by atoms with Crippen LogP contribution in [0, 0.1) is 0 Å². The standard InChI is InChI=1S/C6H12O3P/c1-5-3-4-6(2)9-10(7)8-5/h5-6H,3-4H2,1-2H3/q+1/t5-,6-/m1/s1. The Morgan fingerprint density at radius 1 is 1.20 bits per heavy atom. The maximum Gasteiger partial charge on any atom is 0.697 e. The fraction of sp³-hybridized carbons (Fsp3) is 1.00. The molecule has 0 unspecified atom stereocenters. The third-order valence-corrected chi connectivity index (χ3v) is 2.58. The van der Waals surface area contributed by atoms with Gasteiger partial charge >= 0.3 is 8.25 Å². The summed E-state index contributed by atoms with van der Waals surface area (Å²) in [5.74, 6) is 0. The monoisotopic (exact) mass is 163 g/mol. The molecule has 0 radical (unpaired) electrons. The van der Waals surface area contributed by atoms with E-state index < -0.39 is 8.25 Å². The van der Waals surface area contributed by atoms with E-state index in [2.05, 4.69) is 0 Å². The van der Waals surface area contributed by atoms with Gasteiger partial charge in [0.15, 0.2) is 0 Å². The van der Waals surface area contributed by atoms with Crippen LogP contribution in [0.15, 0.2) is 0 Å². The van der Waals surface area contributed by atoms with Gasteiger partial charge in [-0.3, -0.25) is 0 Å². The zero-order chi connectivity index (χ0) is 7.56.